The molecule has 1 atom stereocenters. The number of amides is 2. The molecule has 2 fully saturated rings. The van der Waals surface area contributed by atoms with Gasteiger partial charge in [-0.2, -0.15) is 0 Å². The molecule has 1 aromatic carbocycles. The molecule has 1 aliphatic heterocycles. The first-order valence-electron chi connectivity index (χ1n) is 9.48. The lowest BCUT2D eigenvalue weighted by molar-refractivity contribution is -0.128. The smallest absolute Gasteiger partial charge is 0.234 e. The van der Waals surface area contributed by atoms with Crippen molar-refractivity contribution < 1.29 is 14.3 Å². The van der Waals surface area contributed by atoms with Crippen LogP contribution in [0.2, 0.25) is 0 Å². The third-order valence-electron chi connectivity index (χ3n) is 5.29. The summed E-state index contributed by atoms with van der Waals surface area (Å²) >= 11 is 0. The average Bonchev–Trinajstić information content (AvgIpc) is 3.47. The molecule has 1 unspecified atom stereocenters. The van der Waals surface area contributed by atoms with Crippen LogP contribution < -0.4 is 10.1 Å². The summed E-state index contributed by atoms with van der Waals surface area (Å²) < 4.78 is 5.22. The molecule has 6 heteroatoms. The monoisotopic (exact) mass is 359 g/mol. The fourth-order valence-corrected chi connectivity index (χ4v) is 3.58. The van der Waals surface area contributed by atoms with Crippen LogP contribution in [0.3, 0.4) is 0 Å². The quantitative estimate of drug-likeness (QED) is 0.842. The summed E-state index contributed by atoms with van der Waals surface area (Å²) in [6.07, 6.45) is 3.24. The fourth-order valence-electron chi connectivity index (χ4n) is 3.58. The van der Waals surface area contributed by atoms with E-state index in [-0.39, 0.29) is 17.9 Å². The number of ether oxygens (including phenoxy) is 1. The van der Waals surface area contributed by atoms with Crippen molar-refractivity contribution in [2.75, 3.05) is 39.8 Å². The van der Waals surface area contributed by atoms with Gasteiger partial charge in [-0.05, 0) is 42.9 Å². The molecule has 1 saturated carbocycles. The lowest BCUT2D eigenvalue weighted by atomic mass is 10.0. The molecule has 1 saturated heterocycles. The highest BCUT2D eigenvalue weighted by atomic mass is 16.5. The Hall–Kier alpha value is -2.08. The summed E-state index contributed by atoms with van der Waals surface area (Å²) in [6, 6.07) is 8.05. The second kappa shape index (κ2) is 8.54. The van der Waals surface area contributed by atoms with E-state index in [0.29, 0.717) is 19.0 Å². The Bertz CT molecular complexity index is 628. The highest BCUT2D eigenvalue weighted by Crippen LogP contribution is 2.41. The van der Waals surface area contributed by atoms with Gasteiger partial charge in [0.05, 0.1) is 19.7 Å². The largest absolute Gasteiger partial charge is 0.497 e. The molecule has 142 valence electrons. The van der Waals surface area contributed by atoms with Gasteiger partial charge < -0.3 is 15.0 Å². The van der Waals surface area contributed by atoms with Crippen molar-refractivity contribution in [1.29, 1.82) is 0 Å². The molecule has 3 rings (SSSR count). The third-order valence-corrected chi connectivity index (χ3v) is 5.29. The van der Waals surface area contributed by atoms with Crippen LogP contribution in [0.25, 0.3) is 0 Å². The zero-order chi connectivity index (χ0) is 18.5. The first-order valence-corrected chi connectivity index (χ1v) is 9.48. The maximum absolute atomic E-state index is 12.6. The van der Waals surface area contributed by atoms with Crippen LogP contribution in [-0.2, 0) is 9.59 Å². The molecule has 6 nitrogen and oxygen atoms in total. The summed E-state index contributed by atoms with van der Waals surface area (Å²) in [5.41, 5.74) is 1.14. The van der Waals surface area contributed by atoms with E-state index in [1.54, 1.807) is 14.0 Å². The van der Waals surface area contributed by atoms with Crippen molar-refractivity contribution in [1.82, 2.24) is 15.1 Å². The molecular weight excluding hydrogens is 330 g/mol. The van der Waals surface area contributed by atoms with Crippen LogP contribution in [0.1, 0.15) is 37.8 Å². The van der Waals surface area contributed by atoms with Crippen LogP contribution in [0.15, 0.2) is 24.3 Å². The Morgan fingerprint density at radius 2 is 1.88 bits per heavy atom. The van der Waals surface area contributed by atoms with E-state index in [1.165, 1.54) is 0 Å². The van der Waals surface area contributed by atoms with Crippen molar-refractivity contribution in [3.05, 3.63) is 29.8 Å². The van der Waals surface area contributed by atoms with Crippen molar-refractivity contribution >= 4 is 11.8 Å². The van der Waals surface area contributed by atoms with Gasteiger partial charge in [0.25, 0.3) is 0 Å². The zero-order valence-corrected chi connectivity index (χ0v) is 15.7. The van der Waals surface area contributed by atoms with E-state index in [2.05, 4.69) is 10.2 Å². The Labute approximate surface area is 155 Å². The van der Waals surface area contributed by atoms with Gasteiger partial charge in [-0.3, -0.25) is 14.5 Å². The van der Waals surface area contributed by atoms with E-state index in [4.69, 9.17) is 4.74 Å². The van der Waals surface area contributed by atoms with Crippen molar-refractivity contribution in [2.45, 2.75) is 32.2 Å². The lowest BCUT2D eigenvalue weighted by Gasteiger charge is -2.23. The summed E-state index contributed by atoms with van der Waals surface area (Å²) in [5, 5.41) is 3.23. The third kappa shape index (κ3) is 4.97. The van der Waals surface area contributed by atoms with E-state index in [0.717, 1.165) is 50.2 Å². The maximum Gasteiger partial charge on any atom is 0.234 e. The predicted molar refractivity (Wildman–Crippen MR) is 99.9 cm³/mol. The van der Waals surface area contributed by atoms with Crippen LogP contribution in [-0.4, -0.2) is 61.4 Å². The van der Waals surface area contributed by atoms with Gasteiger partial charge in [-0.15, -0.1) is 0 Å². The Balaban J connectivity index is 1.55. The van der Waals surface area contributed by atoms with Gasteiger partial charge in [-0.25, -0.2) is 0 Å². The molecule has 2 amide bonds. The van der Waals surface area contributed by atoms with E-state index in [1.807, 2.05) is 29.2 Å². The fraction of sp³-hybridized carbons (Fsp3) is 0.600. The summed E-state index contributed by atoms with van der Waals surface area (Å²) in [5.74, 6) is 1.54. The molecule has 0 bridgehead atoms. The minimum Gasteiger partial charge on any atom is -0.497 e. The van der Waals surface area contributed by atoms with Crippen LogP contribution in [0, 0.1) is 5.92 Å². The molecule has 1 aliphatic carbocycles. The van der Waals surface area contributed by atoms with Crippen LogP contribution in [0.5, 0.6) is 5.75 Å². The number of rotatable bonds is 6. The molecule has 0 radical (unpaired) electrons. The minimum atomic E-state index is 0.0639. The maximum atomic E-state index is 12.6. The highest BCUT2D eigenvalue weighted by molar-refractivity contribution is 5.78. The SMILES string of the molecule is COc1ccc(C(NC(=O)CN2CCCN(C(C)=O)CC2)C2CC2)cc1. The van der Waals surface area contributed by atoms with E-state index in [9.17, 15) is 9.59 Å². The number of nitrogens with one attached hydrogen (secondary N) is 1. The van der Waals surface area contributed by atoms with Gasteiger partial charge in [0.1, 0.15) is 5.75 Å². The van der Waals surface area contributed by atoms with Gasteiger partial charge in [-0.1, -0.05) is 12.1 Å². The van der Waals surface area contributed by atoms with E-state index >= 15 is 0 Å². The summed E-state index contributed by atoms with van der Waals surface area (Å²) in [7, 11) is 1.66. The molecule has 0 spiro atoms. The van der Waals surface area contributed by atoms with E-state index < -0.39 is 0 Å². The van der Waals surface area contributed by atoms with Crippen molar-refractivity contribution in [2.24, 2.45) is 5.92 Å². The number of hydrogen-bond donors (Lipinski definition) is 1. The van der Waals surface area contributed by atoms with Crippen molar-refractivity contribution in [3.8, 4) is 5.75 Å². The minimum absolute atomic E-state index is 0.0639. The highest BCUT2D eigenvalue weighted by Gasteiger charge is 2.33. The Morgan fingerprint density at radius 3 is 2.50 bits per heavy atom. The second-order valence-corrected chi connectivity index (χ2v) is 7.29. The summed E-state index contributed by atoms with van der Waals surface area (Å²) in [4.78, 5) is 28.2. The molecular formula is C20H29N3O3. The second-order valence-electron chi connectivity index (χ2n) is 7.29. The number of benzene rings is 1. The number of methoxy groups -OCH3 is 1. The van der Waals surface area contributed by atoms with Crippen molar-refractivity contribution in [3.63, 3.8) is 0 Å². The molecule has 2 aliphatic rings. The van der Waals surface area contributed by atoms with Gasteiger partial charge in [0.15, 0.2) is 0 Å². The Morgan fingerprint density at radius 1 is 1.15 bits per heavy atom. The number of hydrogen-bond acceptors (Lipinski definition) is 4. The first-order chi connectivity index (χ1) is 12.6. The average molecular weight is 359 g/mol. The molecule has 26 heavy (non-hydrogen) atoms. The topological polar surface area (TPSA) is 61.9 Å². The van der Waals surface area contributed by atoms with Crippen LogP contribution >= 0.6 is 0 Å². The summed E-state index contributed by atoms with van der Waals surface area (Å²) in [6.45, 7) is 5.09. The molecule has 1 N–H and O–H groups in total. The first kappa shape index (κ1) is 18.7. The zero-order valence-electron chi connectivity index (χ0n) is 15.7. The molecule has 1 heterocycles. The normalized spacial score (nSPS) is 19.5. The van der Waals surface area contributed by atoms with Gasteiger partial charge >= 0.3 is 0 Å². The number of nitrogens with zero attached hydrogens (tertiary/aromatic N) is 2. The number of carbonyl (C=O) groups is 2. The van der Waals surface area contributed by atoms with Gasteiger partial charge in [0, 0.05) is 33.1 Å². The standard InChI is InChI=1S/C20H29N3O3/c1-15(24)23-11-3-10-22(12-13-23)14-19(25)21-20(16-4-5-16)17-6-8-18(26-2)9-7-17/h6-9,16,20H,3-5,10-14H2,1-2H3,(H,21,25). The molecule has 0 aromatic heterocycles. The van der Waals surface area contributed by atoms with Gasteiger partial charge in [0.2, 0.25) is 11.8 Å². The van der Waals surface area contributed by atoms with Crippen LogP contribution in [0.4, 0.5) is 0 Å². The number of carbonyl (C=O) groups excluding carboxylic acids is 2. The Kier molecular flexibility index (Phi) is 6.14. The molecule has 1 aromatic rings. The predicted octanol–water partition coefficient (Wildman–Crippen LogP) is 1.82. The lowest BCUT2D eigenvalue weighted by Crippen LogP contribution is -2.41.